The first kappa shape index (κ1) is 24.2. The van der Waals surface area contributed by atoms with Gasteiger partial charge in [-0.3, -0.25) is 9.79 Å². The molecule has 28 heavy (non-hydrogen) atoms. The molecule has 0 aliphatic carbocycles. The number of benzene rings is 2. The summed E-state index contributed by atoms with van der Waals surface area (Å²) in [5.41, 5.74) is 2.33. The molecule has 0 atom stereocenters. The molecule has 0 saturated carbocycles. The first-order valence-electron chi connectivity index (χ1n) is 9.05. The largest absolute Gasteiger partial charge is 0.356 e. The Balaban J connectivity index is 0.00000392. The molecule has 2 N–H and O–H groups in total. The second-order valence-corrected chi connectivity index (χ2v) is 6.72. The third kappa shape index (κ3) is 8.93. The Hall–Kier alpha value is -1.80. The Morgan fingerprint density at radius 1 is 1.00 bits per heavy atom. The van der Waals surface area contributed by atoms with E-state index in [0.29, 0.717) is 25.5 Å². The van der Waals surface area contributed by atoms with Gasteiger partial charge in [0.2, 0.25) is 5.91 Å². The van der Waals surface area contributed by atoms with Crippen molar-refractivity contribution >= 4 is 47.4 Å². The molecule has 0 saturated heterocycles. The lowest BCUT2D eigenvalue weighted by molar-refractivity contribution is -0.130. The van der Waals surface area contributed by atoms with E-state index >= 15 is 0 Å². The van der Waals surface area contributed by atoms with Crippen LogP contribution >= 0.6 is 35.6 Å². The minimum atomic E-state index is 0. The average molecular weight is 515 g/mol. The van der Waals surface area contributed by atoms with Gasteiger partial charge in [0, 0.05) is 45.2 Å². The van der Waals surface area contributed by atoms with E-state index < -0.39 is 0 Å². The number of halogens is 2. The van der Waals surface area contributed by atoms with E-state index in [2.05, 4.69) is 15.6 Å². The molecule has 2 rings (SSSR count). The van der Waals surface area contributed by atoms with Crippen LogP contribution < -0.4 is 10.6 Å². The first-order chi connectivity index (χ1) is 13.1. The van der Waals surface area contributed by atoms with E-state index in [1.54, 1.807) is 11.9 Å². The van der Waals surface area contributed by atoms with Gasteiger partial charge in [0.1, 0.15) is 0 Å². The smallest absolute Gasteiger partial charge is 0.224 e. The summed E-state index contributed by atoms with van der Waals surface area (Å²) in [6, 6.07) is 17.8. The zero-order valence-electron chi connectivity index (χ0n) is 16.3. The number of guanidine groups is 1. The zero-order chi connectivity index (χ0) is 19.5. The van der Waals surface area contributed by atoms with Crippen molar-refractivity contribution < 1.29 is 4.79 Å². The number of amides is 1. The van der Waals surface area contributed by atoms with Gasteiger partial charge in [0.05, 0.1) is 0 Å². The van der Waals surface area contributed by atoms with Crippen LogP contribution in [0.3, 0.4) is 0 Å². The highest BCUT2D eigenvalue weighted by molar-refractivity contribution is 14.0. The molecular formula is C21H28ClIN4O. The fourth-order valence-corrected chi connectivity index (χ4v) is 2.75. The van der Waals surface area contributed by atoms with E-state index in [1.165, 1.54) is 5.56 Å². The molecule has 2 aromatic carbocycles. The van der Waals surface area contributed by atoms with Crippen LogP contribution in [0.25, 0.3) is 0 Å². The number of hydrogen-bond acceptors (Lipinski definition) is 2. The van der Waals surface area contributed by atoms with Crippen molar-refractivity contribution in [2.75, 3.05) is 27.2 Å². The number of nitrogens with one attached hydrogen (secondary N) is 2. The molecule has 5 nitrogen and oxygen atoms in total. The lowest BCUT2D eigenvalue weighted by Crippen LogP contribution is -2.40. The molecule has 1 amide bonds. The molecule has 0 heterocycles. The third-order valence-electron chi connectivity index (χ3n) is 4.16. The minimum Gasteiger partial charge on any atom is -0.356 e. The van der Waals surface area contributed by atoms with Crippen molar-refractivity contribution in [2.24, 2.45) is 4.99 Å². The monoisotopic (exact) mass is 514 g/mol. The highest BCUT2D eigenvalue weighted by Gasteiger charge is 2.09. The summed E-state index contributed by atoms with van der Waals surface area (Å²) in [4.78, 5) is 18.2. The second kappa shape index (κ2) is 13.4. The van der Waals surface area contributed by atoms with Crippen LogP contribution in [0, 0.1) is 0 Å². The summed E-state index contributed by atoms with van der Waals surface area (Å²) >= 11 is 5.89. The van der Waals surface area contributed by atoms with Crippen LogP contribution in [0.15, 0.2) is 59.6 Å². The van der Waals surface area contributed by atoms with Gasteiger partial charge >= 0.3 is 0 Å². The molecule has 7 heteroatoms. The molecule has 0 aliphatic rings. The third-order valence-corrected chi connectivity index (χ3v) is 4.41. The second-order valence-electron chi connectivity index (χ2n) is 6.29. The topological polar surface area (TPSA) is 56.7 Å². The quantitative estimate of drug-likeness (QED) is 0.321. The number of aliphatic imine (C=N–C) groups is 1. The van der Waals surface area contributed by atoms with E-state index in [9.17, 15) is 4.79 Å². The van der Waals surface area contributed by atoms with Crippen LogP contribution in [-0.4, -0.2) is 44.0 Å². The lowest BCUT2D eigenvalue weighted by atomic mass is 10.1. The molecule has 0 aromatic heterocycles. The summed E-state index contributed by atoms with van der Waals surface area (Å²) in [5.74, 6) is 0.797. The van der Waals surface area contributed by atoms with Gasteiger partial charge in [0.25, 0.3) is 0 Å². The SMILES string of the molecule is CN=C(NCCC(=O)N(C)Cc1ccccc1)NCCc1ccc(Cl)cc1.I. The van der Waals surface area contributed by atoms with Crippen LogP contribution in [0.4, 0.5) is 0 Å². The van der Waals surface area contributed by atoms with Crippen LogP contribution in [0.5, 0.6) is 0 Å². The molecule has 2 aromatic rings. The number of carbonyl (C=O) groups excluding carboxylic acids is 1. The van der Waals surface area contributed by atoms with Gasteiger partial charge in [-0.05, 0) is 29.7 Å². The molecule has 0 bridgehead atoms. The van der Waals surface area contributed by atoms with Crippen molar-refractivity contribution in [3.63, 3.8) is 0 Å². The molecule has 0 aliphatic heterocycles. The van der Waals surface area contributed by atoms with Crippen molar-refractivity contribution in [1.29, 1.82) is 0 Å². The van der Waals surface area contributed by atoms with E-state index in [1.807, 2.05) is 61.6 Å². The van der Waals surface area contributed by atoms with Crippen molar-refractivity contribution in [3.05, 3.63) is 70.7 Å². The molecule has 0 fully saturated rings. The predicted octanol–water partition coefficient (Wildman–Crippen LogP) is 3.71. The van der Waals surface area contributed by atoms with Gasteiger partial charge in [-0.25, -0.2) is 0 Å². The van der Waals surface area contributed by atoms with Gasteiger partial charge < -0.3 is 15.5 Å². The highest BCUT2D eigenvalue weighted by atomic mass is 127. The molecule has 0 radical (unpaired) electrons. The minimum absolute atomic E-state index is 0. The van der Waals surface area contributed by atoms with Gasteiger partial charge in [0.15, 0.2) is 5.96 Å². The summed E-state index contributed by atoms with van der Waals surface area (Å²) in [5, 5.41) is 7.18. The van der Waals surface area contributed by atoms with Crippen molar-refractivity contribution in [2.45, 2.75) is 19.4 Å². The Morgan fingerprint density at radius 2 is 1.64 bits per heavy atom. The summed E-state index contributed by atoms with van der Waals surface area (Å²) in [6.45, 7) is 1.91. The first-order valence-corrected chi connectivity index (χ1v) is 9.43. The molecule has 152 valence electrons. The Morgan fingerprint density at radius 3 is 2.29 bits per heavy atom. The Labute approximate surface area is 189 Å². The van der Waals surface area contributed by atoms with Gasteiger partial charge in [-0.15, -0.1) is 24.0 Å². The number of nitrogens with zero attached hydrogens (tertiary/aromatic N) is 2. The normalized spacial score (nSPS) is 10.8. The van der Waals surface area contributed by atoms with Crippen LogP contribution in [0.2, 0.25) is 5.02 Å². The highest BCUT2D eigenvalue weighted by Crippen LogP contribution is 2.09. The molecule has 0 unspecified atom stereocenters. The molecular weight excluding hydrogens is 487 g/mol. The predicted molar refractivity (Wildman–Crippen MR) is 127 cm³/mol. The van der Waals surface area contributed by atoms with Crippen LogP contribution in [-0.2, 0) is 17.8 Å². The van der Waals surface area contributed by atoms with Crippen molar-refractivity contribution in [1.82, 2.24) is 15.5 Å². The summed E-state index contributed by atoms with van der Waals surface area (Å²) in [6.07, 6.45) is 1.29. The lowest BCUT2D eigenvalue weighted by Gasteiger charge is -2.18. The fraction of sp³-hybridized carbons (Fsp3) is 0.333. The number of hydrogen-bond donors (Lipinski definition) is 2. The van der Waals surface area contributed by atoms with Gasteiger partial charge in [-0.1, -0.05) is 54.1 Å². The Bertz CT molecular complexity index is 738. The maximum atomic E-state index is 12.3. The maximum Gasteiger partial charge on any atom is 0.224 e. The number of rotatable bonds is 8. The van der Waals surface area contributed by atoms with E-state index in [-0.39, 0.29) is 29.9 Å². The summed E-state index contributed by atoms with van der Waals surface area (Å²) < 4.78 is 0. The summed E-state index contributed by atoms with van der Waals surface area (Å²) in [7, 11) is 3.55. The molecule has 0 spiro atoms. The average Bonchev–Trinajstić information content (AvgIpc) is 2.68. The zero-order valence-corrected chi connectivity index (χ0v) is 19.4. The Kier molecular flexibility index (Phi) is 11.6. The number of carbonyl (C=O) groups is 1. The van der Waals surface area contributed by atoms with E-state index in [0.717, 1.165) is 23.6 Å². The van der Waals surface area contributed by atoms with Gasteiger partial charge in [-0.2, -0.15) is 0 Å². The van der Waals surface area contributed by atoms with E-state index in [4.69, 9.17) is 11.6 Å². The van der Waals surface area contributed by atoms with Crippen LogP contribution in [0.1, 0.15) is 17.5 Å². The standard InChI is InChI=1S/C21H27ClN4O.HI/c1-23-21(24-14-12-17-8-10-19(22)11-9-17)25-15-13-20(27)26(2)16-18-6-4-3-5-7-18;/h3-11H,12-16H2,1-2H3,(H2,23,24,25);1H. The maximum absolute atomic E-state index is 12.3. The fourth-order valence-electron chi connectivity index (χ4n) is 2.62. The van der Waals surface area contributed by atoms with Crippen molar-refractivity contribution in [3.8, 4) is 0 Å².